The molecule has 2 aromatic carbocycles. The number of hydrogen-bond acceptors (Lipinski definition) is 3. The Kier molecular flexibility index (Phi) is 3.38. The monoisotopic (exact) mass is 229 g/mol. The van der Waals surface area contributed by atoms with Crippen molar-refractivity contribution < 1.29 is 4.74 Å². The zero-order valence-corrected chi connectivity index (χ0v) is 10.0. The lowest BCUT2D eigenvalue weighted by Gasteiger charge is -2.09. The number of fused-ring (bicyclic) bond motifs is 1. The highest BCUT2D eigenvalue weighted by Crippen LogP contribution is 2.25. The fraction of sp³-hybridized carbons (Fsp3) is 0.286. The Bertz CT molecular complexity index is 537. The van der Waals surface area contributed by atoms with E-state index >= 15 is 0 Å². The summed E-state index contributed by atoms with van der Waals surface area (Å²) in [6, 6.07) is 12.2. The predicted octanol–water partition coefficient (Wildman–Crippen LogP) is 3.72. The molecule has 0 saturated carbocycles. The number of hydrogen-bond donors (Lipinski definition) is 0. The van der Waals surface area contributed by atoms with Gasteiger partial charge in [0.1, 0.15) is 5.75 Å². The molecule has 0 aromatic heterocycles. The molecule has 88 valence electrons. The maximum atomic E-state index is 10.3. The summed E-state index contributed by atoms with van der Waals surface area (Å²) in [6.07, 6.45) is 0. The van der Waals surface area contributed by atoms with Crippen molar-refractivity contribution in [2.45, 2.75) is 12.8 Å². The van der Waals surface area contributed by atoms with Gasteiger partial charge in [0.25, 0.3) is 0 Å². The molecule has 0 aliphatic rings. The van der Waals surface area contributed by atoms with E-state index in [4.69, 9.17) is 4.74 Å². The molecule has 17 heavy (non-hydrogen) atoms. The van der Waals surface area contributed by atoms with Gasteiger partial charge in [0.2, 0.25) is 0 Å². The van der Waals surface area contributed by atoms with Crippen LogP contribution >= 0.6 is 0 Å². The van der Waals surface area contributed by atoms with E-state index in [1.54, 1.807) is 7.11 Å². The summed E-state index contributed by atoms with van der Waals surface area (Å²) in [6.45, 7) is 2.33. The Morgan fingerprint density at radius 1 is 1.18 bits per heavy atom. The van der Waals surface area contributed by atoms with E-state index < -0.39 is 0 Å². The molecule has 0 aliphatic heterocycles. The first-order valence-electron chi connectivity index (χ1n) is 5.61. The molecule has 2 aromatic rings. The second-order valence-corrected chi connectivity index (χ2v) is 4.19. The topological polar surface area (TPSA) is 38.7 Å². The molecule has 0 radical (unpaired) electrons. The Labute approximate surface area is 100 Å². The van der Waals surface area contributed by atoms with Crippen LogP contribution in [0, 0.1) is 4.91 Å². The number of nitrogens with zero attached hydrogens (tertiary/aromatic N) is 1. The van der Waals surface area contributed by atoms with E-state index in [1.165, 1.54) is 0 Å². The van der Waals surface area contributed by atoms with Crippen LogP contribution < -0.4 is 4.74 Å². The lowest BCUT2D eigenvalue weighted by molar-refractivity contribution is 0.415. The van der Waals surface area contributed by atoms with Crippen molar-refractivity contribution in [3.8, 4) is 5.75 Å². The SMILES string of the molecule is COc1ccc2cc(C(C)CN=O)ccc2c1. The second-order valence-electron chi connectivity index (χ2n) is 4.19. The van der Waals surface area contributed by atoms with Crippen LogP contribution in [0.4, 0.5) is 0 Å². The van der Waals surface area contributed by atoms with Crippen LogP contribution in [-0.4, -0.2) is 13.7 Å². The van der Waals surface area contributed by atoms with Gasteiger partial charge in [-0.25, -0.2) is 0 Å². The van der Waals surface area contributed by atoms with Crippen molar-refractivity contribution in [1.29, 1.82) is 0 Å². The Balaban J connectivity index is 2.40. The van der Waals surface area contributed by atoms with Crippen molar-refractivity contribution >= 4 is 10.8 Å². The molecule has 3 nitrogen and oxygen atoms in total. The average Bonchev–Trinajstić information content (AvgIpc) is 2.37. The second kappa shape index (κ2) is 4.95. The molecule has 1 unspecified atom stereocenters. The number of nitroso groups, excluding NO2 is 1. The van der Waals surface area contributed by atoms with Gasteiger partial charge in [-0.3, -0.25) is 0 Å². The zero-order valence-electron chi connectivity index (χ0n) is 10.0. The summed E-state index contributed by atoms with van der Waals surface area (Å²) < 4.78 is 5.18. The molecular formula is C14H15NO2. The fourth-order valence-corrected chi connectivity index (χ4v) is 1.89. The fourth-order valence-electron chi connectivity index (χ4n) is 1.89. The largest absolute Gasteiger partial charge is 0.497 e. The van der Waals surface area contributed by atoms with Crippen molar-refractivity contribution in [2.24, 2.45) is 5.18 Å². The van der Waals surface area contributed by atoms with E-state index in [-0.39, 0.29) is 5.92 Å². The van der Waals surface area contributed by atoms with E-state index in [2.05, 4.69) is 17.3 Å². The summed E-state index contributed by atoms with van der Waals surface area (Å²) in [7, 11) is 1.66. The Morgan fingerprint density at radius 2 is 1.88 bits per heavy atom. The molecule has 0 aliphatic carbocycles. The Hall–Kier alpha value is -1.90. The lowest BCUT2D eigenvalue weighted by Crippen LogP contribution is -1.96. The minimum absolute atomic E-state index is 0.166. The van der Waals surface area contributed by atoms with E-state index in [9.17, 15) is 4.91 Å². The summed E-state index contributed by atoms with van der Waals surface area (Å²) in [5.41, 5.74) is 1.14. The molecule has 0 amide bonds. The molecule has 0 bridgehead atoms. The third-order valence-corrected chi connectivity index (χ3v) is 2.99. The van der Waals surface area contributed by atoms with Gasteiger partial charge in [-0.15, -0.1) is 0 Å². The van der Waals surface area contributed by atoms with Gasteiger partial charge in [-0.05, 0) is 28.5 Å². The first-order chi connectivity index (χ1) is 8.24. The maximum absolute atomic E-state index is 10.3. The van der Waals surface area contributed by atoms with Gasteiger partial charge >= 0.3 is 0 Å². The number of benzene rings is 2. The third-order valence-electron chi connectivity index (χ3n) is 2.99. The minimum atomic E-state index is 0.166. The molecule has 0 N–H and O–H groups in total. The van der Waals surface area contributed by atoms with Crippen molar-refractivity contribution in [2.75, 3.05) is 13.7 Å². The van der Waals surface area contributed by atoms with Gasteiger partial charge in [0.05, 0.1) is 13.7 Å². The van der Waals surface area contributed by atoms with Gasteiger partial charge < -0.3 is 4.74 Å². The van der Waals surface area contributed by atoms with Crippen LogP contribution in [0.3, 0.4) is 0 Å². The maximum Gasteiger partial charge on any atom is 0.119 e. The number of methoxy groups -OCH3 is 1. The van der Waals surface area contributed by atoms with Crippen molar-refractivity contribution in [1.82, 2.24) is 0 Å². The van der Waals surface area contributed by atoms with Crippen LogP contribution in [0.2, 0.25) is 0 Å². The van der Waals surface area contributed by atoms with Crippen LogP contribution in [0.15, 0.2) is 41.6 Å². The minimum Gasteiger partial charge on any atom is -0.497 e. The van der Waals surface area contributed by atoms with Crippen LogP contribution in [-0.2, 0) is 0 Å². The van der Waals surface area contributed by atoms with Crippen LogP contribution in [0.5, 0.6) is 5.75 Å². The molecule has 0 fully saturated rings. The highest BCUT2D eigenvalue weighted by molar-refractivity contribution is 5.84. The lowest BCUT2D eigenvalue weighted by atomic mass is 9.98. The first-order valence-corrected chi connectivity index (χ1v) is 5.61. The highest BCUT2D eigenvalue weighted by Gasteiger charge is 2.06. The first kappa shape index (κ1) is 11.6. The summed E-state index contributed by atoms with van der Waals surface area (Å²) in [5, 5.41) is 5.24. The molecular weight excluding hydrogens is 214 g/mol. The molecule has 0 heterocycles. The average molecular weight is 229 g/mol. The normalized spacial score (nSPS) is 12.4. The smallest absolute Gasteiger partial charge is 0.119 e. The summed E-state index contributed by atoms with van der Waals surface area (Å²) in [4.78, 5) is 10.3. The molecule has 0 saturated heterocycles. The standard InChI is InChI=1S/C14H15NO2/c1-10(9-15-16)11-3-4-13-8-14(17-2)6-5-12(13)7-11/h3-8,10H,9H2,1-2H3. The van der Waals surface area contributed by atoms with Crippen molar-refractivity contribution in [3.63, 3.8) is 0 Å². The zero-order chi connectivity index (χ0) is 12.3. The quantitative estimate of drug-likeness (QED) is 0.749. The Morgan fingerprint density at radius 3 is 2.59 bits per heavy atom. The van der Waals surface area contributed by atoms with Crippen molar-refractivity contribution in [3.05, 3.63) is 46.9 Å². The summed E-state index contributed by atoms with van der Waals surface area (Å²) >= 11 is 0. The van der Waals surface area contributed by atoms with Gasteiger partial charge in [-0.1, -0.05) is 36.4 Å². The number of rotatable bonds is 4. The van der Waals surface area contributed by atoms with Gasteiger partial charge in [0, 0.05) is 5.92 Å². The highest BCUT2D eigenvalue weighted by atomic mass is 16.5. The molecule has 3 heteroatoms. The predicted molar refractivity (Wildman–Crippen MR) is 69.6 cm³/mol. The van der Waals surface area contributed by atoms with E-state index in [0.29, 0.717) is 6.54 Å². The van der Waals surface area contributed by atoms with E-state index in [0.717, 1.165) is 22.1 Å². The molecule has 1 atom stereocenters. The third kappa shape index (κ3) is 2.44. The van der Waals surface area contributed by atoms with Crippen LogP contribution in [0.25, 0.3) is 10.8 Å². The van der Waals surface area contributed by atoms with E-state index in [1.807, 2.05) is 31.2 Å². The number of ether oxygens (including phenoxy) is 1. The van der Waals surface area contributed by atoms with Gasteiger partial charge in [0.15, 0.2) is 0 Å². The molecule has 2 rings (SSSR count). The molecule has 0 spiro atoms. The van der Waals surface area contributed by atoms with Gasteiger partial charge in [-0.2, -0.15) is 4.91 Å². The summed E-state index contributed by atoms with van der Waals surface area (Å²) in [5.74, 6) is 1.02. The van der Waals surface area contributed by atoms with Crippen LogP contribution in [0.1, 0.15) is 18.4 Å².